The maximum atomic E-state index is 12.8. The number of hydrogen-bond acceptors (Lipinski definition) is 7. The molecule has 1 saturated carbocycles. The van der Waals surface area contributed by atoms with Crippen molar-refractivity contribution in [2.24, 2.45) is 17.6 Å². The molecule has 6 rings (SSSR count). The molecule has 2 aromatic carbocycles. The van der Waals surface area contributed by atoms with Gasteiger partial charge >= 0.3 is 0 Å². The summed E-state index contributed by atoms with van der Waals surface area (Å²) >= 11 is 0. The maximum Gasteiger partial charge on any atom is 0.231 e. The number of nitrogens with zero attached hydrogens (tertiary/aromatic N) is 3. The zero-order valence-corrected chi connectivity index (χ0v) is 19.0. The van der Waals surface area contributed by atoms with E-state index in [1.54, 1.807) is 0 Å². The minimum atomic E-state index is -1.34. The van der Waals surface area contributed by atoms with Gasteiger partial charge in [-0.2, -0.15) is 0 Å². The Hall–Kier alpha value is -2.97. The Labute approximate surface area is 195 Å². The lowest BCUT2D eigenvalue weighted by Gasteiger charge is -2.29. The summed E-state index contributed by atoms with van der Waals surface area (Å²) in [7, 11) is -1.34. The van der Waals surface area contributed by atoms with Crippen molar-refractivity contribution >= 4 is 16.6 Å². The number of fused-ring (bicyclic) bond motifs is 2. The monoisotopic (exact) mass is 462 g/mol. The highest BCUT2D eigenvalue weighted by Crippen LogP contribution is 2.44. The van der Waals surface area contributed by atoms with Crippen molar-refractivity contribution in [3.05, 3.63) is 66.2 Å². The van der Waals surface area contributed by atoms with Gasteiger partial charge < -0.3 is 20.1 Å². The molecule has 3 aromatic rings. The Morgan fingerprint density at radius 2 is 1.85 bits per heavy atom. The molecule has 2 N–H and O–H groups in total. The standard InChI is InChI=1S/C25H26N4O3S/c26-18-12-17-14-29(24-8-9-25(28-27-24)33(30)19-4-2-1-3-5-19)21(20(17)13-18)10-16-6-7-22-23(11-16)32-15-31-22/h1-9,11,17-18,20-21H,10,12-15,26H2/t17-,18+,20+,21+,33?/m1/s1. The quantitative estimate of drug-likeness (QED) is 0.623. The highest BCUT2D eigenvalue weighted by molar-refractivity contribution is 7.85. The van der Waals surface area contributed by atoms with Crippen LogP contribution >= 0.6 is 0 Å². The lowest BCUT2D eigenvalue weighted by Crippen LogP contribution is -2.37. The SMILES string of the molecule is N[C@H]1C[C@@H]2CN(c3ccc(S(=O)c4ccccc4)nn3)[C@@H](Cc3ccc4c(c3)OCO4)[C@H]2C1. The maximum absolute atomic E-state index is 12.8. The number of aromatic nitrogens is 2. The molecule has 3 aliphatic rings. The summed E-state index contributed by atoms with van der Waals surface area (Å²) in [6.45, 7) is 1.20. The van der Waals surface area contributed by atoms with Gasteiger partial charge in [0.15, 0.2) is 22.3 Å². The molecule has 2 fully saturated rings. The van der Waals surface area contributed by atoms with Crippen molar-refractivity contribution in [1.29, 1.82) is 0 Å². The fourth-order valence-electron chi connectivity index (χ4n) is 5.57. The number of nitrogens with two attached hydrogens (primary N) is 1. The van der Waals surface area contributed by atoms with Gasteiger partial charge in [0, 0.05) is 23.5 Å². The van der Waals surface area contributed by atoms with Crippen LogP contribution in [0.4, 0.5) is 5.82 Å². The first kappa shape index (κ1) is 20.6. The van der Waals surface area contributed by atoms with Crippen molar-refractivity contribution in [3.63, 3.8) is 0 Å². The van der Waals surface area contributed by atoms with E-state index in [1.165, 1.54) is 5.56 Å². The van der Waals surface area contributed by atoms with Crippen LogP contribution in [0, 0.1) is 11.8 Å². The smallest absolute Gasteiger partial charge is 0.231 e. The molecule has 0 bridgehead atoms. The van der Waals surface area contributed by atoms with Gasteiger partial charge in [-0.25, -0.2) is 4.21 Å². The Kier molecular flexibility index (Phi) is 5.27. The Balaban J connectivity index is 1.26. The van der Waals surface area contributed by atoms with Gasteiger partial charge in [0.25, 0.3) is 0 Å². The predicted molar refractivity (Wildman–Crippen MR) is 125 cm³/mol. The van der Waals surface area contributed by atoms with Gasteiger partial charge in [-0.1, -0.05) is 24.3 Å². The van der Waals surface area contributed by atoms with E-state index in [4.69, 9.17) is 15.2 Å². The number of hydrogen-bond donors (Lipinski definition) is 1. The van der Waals surface area contributed by atoms with Crippen molar-refractivity contribution < 1.29 is 13.7 Å². The van der Waals surface area contributed by atoms with Crippen LogP contribution in [-0.4, -0.2) is 39.8 Å². The van der Waals surface area contributed by atoms with E-state index >= 15 is 0 Å². The fourth-order valence-corrected chi connectivity index (χ4v) is 6.52. The van der Waals surface area contributed by atoms with E-state index < -0.39 is 10.8 Å². The third-order valence-electron chi connectivity index (χ3n) is 7.06. The summed E-state index contributed by atoms with van der Waals surface area (Å²) in [6, 6.07) is 19.9. The molecular formula is C25H26N4O3S. The number of rotatable bonds is 5. The second-order valence-corrected chi connectivity index (χ2v) is 10.5. The van der Waals surface area contributed by atoms with E-state index in [0.717, 1.165) is 48.0 Å². The van der Waals surface area contributed by atoms with Crippen molar-refractivity contribution in [1.82, 2.24) is 10.2 Å². The minimum absolute atomic E-state index is 0.267. The highest BCUT2D eigenvalue weighted by atomic mass is 32.2. The summed E-state index contributed by atoms with van der Waals surface area (Å²) in [4.78, 5) is 3.10. The van der Waals surface area contributed by atoms with Crippen LogP contribution in [-0.2, 0) is 17.2 Å². The molecule has 7 nitrogen and oxygen atoms in total. The molecule has 8 heteroatoms. The summed E-state index contributed by atoms with van der Waals surface area (Å²) in [5.74, 6) is 3.52. The Morgan fingerprint density at radius 1 is 1.00 bits per heavy atom. The van der Waals surface area contributed by atoms with Gasteiger partial charge in [0.05, 0.1) is 0 Å². The highest BCUT2D eigenvalue weighted by Gasteiger charge is 2.47. The third-order valence-corrected chi connectivity index (χ3v) is 8.36. The molecule has 1 saturated heterocycles. The van der Waals surface area contributed by atoms with E-state index in [1.807, 2.05) is 48.5 Å². The van der Waals surface area contributed by atoms with E-state index in [-0.39, 0.29) is 18.9 Å². The second-order valence-electron chi connectivity index (χ2n) is 9.08. The van der Waals surface area contributed by atoms with Crippen molar-refractivity contribution in [2.45, 2.75) is 41.3 Å². The molecule has 33 heavy (non-hydrogen) atoms. The molecule has 170 valence electrons. The molecule has 1 aromatic heterocycles. The van der Waals surface area contributed by atoms with E-state index in [2.05, 4.69) is 27.2 Å². The first-order valence-electron chi connectivity index (χ1n) is 11.4. The zero-order valence-electron chi connectivity index (χ0n) is 18.2. The molecule has 0 amide bonds. The lowest BCUT2D eigenvalue weighted by molar-refractivity contribution is 0.174. The van der Waals surface area contributed by atoms with Crippen LogP contribution in [0.2, 0.25) is 0 Å². The first-order chi connectivity index (χ1) is 16.2. The second kappa shape index (κ2) is 8.43. The lowest BCUT2D eigenvalue weighted by atomic mass is 9.89. The van der Waals surface area contributed by atoms with Gasteiger partial charge in [-0.05, 0) is 73.1 Å². The van der Waals surface area contributed by atoms with Crippen LogP contribution in [0.5, 0.6) is 11.5 Å². The van der Waals surface area contributed by atoms with Crippen LogP contribution < -0.4 is 20.1 Å². The molecule has 0 spiro atoms. The first-order valence-corrected chi connectivity index (χ1v) is 12.5. The summed E-state index contributed by atoms with van der Waals surface area (Å²) < 4.78 is 23.9. The van der Waals surface area contributed by atoms with E-state index in [9.17, 15) is 4.21 Å². The van der Waals surface area contributed by atoms with Gasteiger partial charge in [0.1, 0.15) is 10.8 Å². The van der Waals surface area contributed by atoms with Crippen LogP contribution in [0.3, 0.4) is 0 Å². The van der Waals surface area contributed by atoms with E-state index in [0.29, 0.717) is 16.9 Å². The summed E-state index contributed by atoms with van der Waals surface area (Å²) in [5.41, 5.74) is 7.54. The molecule has 2 aliphatic heterocycles. The molecule has 5 atom stereocenters. The number of anilines is 1. The topological polar surface area (TPSA) is 90.6 Å². The minimum Gasteiger partial charge on any atom is -0.454 e. The predicted octanol–water partition coefficient (Wildman–Crippen LogP) is 3.16. The normalized spacial score (nSPS) is 26.4. The van der Waals surface area contributed by atoms with Crippen LogP contribution in [0.25, 0.3) is 0 Å². The molecule has 0 radical (unpaired) electrons. The van der Waals surface area contributed by atoms with Gasteiger partial charge in [0.2, 0.25) is 6.79 Å². The molecule has 3 heterocycles. The zero-order chi connectivity index (χ0) is 22.4. The summed E-state index contributed by atoms with van der Waals surface area (Å²) in [6.07, 6.45) is 2.95. The van der Waals surface area contributed by atoms with Crippen molar-refractivity contribution in [2.75, 3.05) is 18.2 Å². The number of benzene rings is 2. The number of ether oxygens (including phenoxy) is 2. The molecule has 1 aliphatic carbocycles. The third kappa shape index (κ3) is 3.87. The molecular weight excluding hydrogens is 436 g/mol. The van der Waals surface area contributed by atoms with Crippen LogP contribution in [0.15, 0.2) is 70.6 Å². The largest absolute Gasteiger partial charge is 0.454 e. The van der Waals surface area contributed by atoms with Crippen LogP contribution in [0.1, 0.15) is 18.4 Å². The summed E-state index contributed by atoms with van der Waals surface area (Å²) in [5, 5.41) is 9.33. The Bertz CT molecular complexity index is 1170. The Morgan fingerprint density at radius 3 is 2.67 bits per heavy atom. The average molecular weight is 463 g/mol. The van der Waals surface area contributed by atoms with Gasteiger partial charge in [-0.3, -0.25) is 0 Å². The van der Waals surface area contributed by atoms with Crippen molar-refractivity contribution in [3.8, 4) is 11.5 Å². The molecule has 1 unspecified atom stereocenters. The average Bonchev–Trinajstić information content (AvgIpc) is 3.54. The fraction of sp³-hybridized carbons (Fsp3) is 0.360. The van der Waals surface area contributed by atoms with Gasteiger partial charge in [-0.15, -0.1) is 10.2 Å².